The zero-order valence-corrected chi connectivity index (χ0v) is 10.8. The first-order valence-electron chi connectivity index (χ1n) is 6.61. The normalized spacial score (nSPS) is 11.0. The predicted molar refractivity (Wildman–Crippen MR) is 82.5 cm³/mol. The van der Waals surface area contributed by atoms with Gasteiger partial charge in [0.2, 0.25) is 0 Å². The molecule has 2 nitrogen and oxygen atoms in total. The summed E-state index contributed by atoms with van der Waals surface area (Å²) in [6.45, 7) is 0. The Morgan fingerprint density at radius 2 is 1.50 bits per heavy atom. The Morgan fingerprint density at radius 3 is 2.45 bits per heavy atom. The largest absolute Gasteiger partial charge is 0.256 e. The van der Waals surface area contributed by atoms with Crippen LogP contribution in [0.5, 0.6) is 0 Å². The van der Waals surface area contributed by atoms with Gasteiger partial charge in [-0.05, 0) is 23.6 Å². The van der Waals surface area contributed by atoms with E-state index < -0.39 is 0 Å². The molecule has 2 aromatic heterocycles. The van der Waals surface area contributed by atoms with E-state index >= 15 is 0 Å². The van der Waals surface area contributed by atoms with Crippen LogP contribution in [0.4, 0.5) is 0 Å². The fraction of sp³-hybridized carbons (Fsp3) is 0. The molecular weight excluding hydrogens is 244 g/mol. The molecule has 20 heavy (non-hydrogen) atoms. The Hall–Kier alpha value is -2.74. The molecular formula is C18H12N2. The van der Waals surface area contributed by atoms with Crippen LogP contribution in [0.15, 0.2) is 73.1 Å². The van der Waals surface area contributed by atoms with Crippen LogP contribution < -0.4 is 0 Å². The number of rotatable bonds is 1. The van der Waals surface area contributed by atoms with Crippen molar-refractivity contribution in [3.63, 3.8) is 0 Å². The van der Waals surface area contributed by atoms with E-state index in [1.54, 1.807) is 0 Å². The molecule has 0 unspecified atom stereocenters. The molecule has 94 valence electrons. The minimum absolute atomic E-state index is 0.987. The minimum Gasteiger partial charge on any atom is -0.256 e. The third-order valence-corrected chi connectivity index (χ3v) is 3.54. The Kier molecular flexibility index (Phi) is 2.46. The summed E-state index contributed by atoms with van der Waals surface area (Å²) < 4.78 is 0. The first-order chi connectivity index (χ1) is 9.92. The number of hydrogen-bond donors (Lipinski definition) is 0. The fourth-order valence-electron chi connectivity index (χ4n) is 2.55. The molecule has 0 aliphatic carbocycles. The van der Waals surface area contributed by atoms with Crippen LogP contribution >= 0.6 is 0 Å². The molecule has 4 rings (SSSR count). The lowest BCUT2D eigenvalue weighted by Crippen LogP contribution is -1.87. The van der Waals surface area contributed by atoms with Crippen molar-refractivity contribution < 1.29 is 0 Å². The van der Waals surface area contributed by atoms with Crippen LogP contribution in [0, 0.1) is 0 Å². The van der Waals surface area contributed by atoms with Gasteiger partial charge < -0.3 is 0 Å². The molecule has 0 spiro atoms. The molecule has 0 bridgehead atoms. The Labute approximate surface area is 116 Å². The summed E-state index contributed by atoms with van der Waals surface area (Å²) in [7, 11) is 0. The van der Waals surface area contributed by atoms with Crippen LogP contribution in [-0.2, 0) is 0 Å². The summed E-state index contributed by atoms with van der Waals surface area (Å²) in [5.74, 6) is 0. The molecule has 0 aliphatic rings. The molecule has 4 aromatic rings. The summed E-state index contributed by atoms with van der Waals surface area (Å²) in [5.41, 5.74) is 3.05. The fourth-order valence-corrected chi connectivity index (χ4v) is 2.55. The van der Waals surface area contributed by atoms with E-state index in [2.05, 4.69) is 34.2 Å². The summed E-state index contributed by atoms with van der Waals surface area (Å²) in [6, 6.07) is 20.6. The third-order valence-electron chi connectivity index (χ3n) is 3.54. The van der Waals surface area contributed by atoms with Crippen LogP contribution in [0.1, 0.15) is 0 Å². The second-order valence-electron chi connectivity index (χ2n) is 4.80. The quantitative estimate of drug-likeness (QED) is 0.503. The van der Waals surface area contributed by atoms with E-state index in [-0.39, 0.29) is 0 Å². The van der Waals surface area contributed by atoms with Crippen molar-refractivity contribution in [3.05, 3.63) is 73.1 Å². The zero-order chi connectivity index (χ0) is 13.4. The second kappa shape index (κ2) is 4.42. The highest BCUT2D eigenvalue weighted by molar-refractivity contribution is 5.96. The Balaban J connectivity index is 2.01. The number of aromatic nitrogens is 2. The van der Waals surface area contributed by atoms with Crippen molar-refractivity contribution in [2.45, 2.75) is 0 Å². The average molecular weight is 256 g/mol. The van der Waals surface area contributed by atoms with Crippen molar-refractivity contribution in [2.24, 2.45) is 0 Å². The smallest absolute Gasteiger partial charge is 0.0795 e. The standard InChI is InChI=1S/C18H12N2/c1-3-7-16-13(5-1)9-10-19-18(16)15-11-14-6-2-4-8-17(14)20-12-15/h1-12H. The maximum Gasteiger partial charge on any atom is 0.0795 e. The first-order valence-corrected chi connectivity index (χ1v) is 6.61. The van der Waals surface area contributed by atoms with Gasteiger partial charge in [0.1, 0.15) is 0 Å². The van der Waals surface area contributed by atoms with Gasteiger partial charge in [0.15, 0.2) is 0 Å². The van der Waals surface area contributed by atoms with Gasteiger partial charge in [0, 0.05) is 28.7 Å². The van der Waals surface area contributed by atoms with Crippen molar-refractivity contribution in [1.29, 1.82) is 0 Å². The lowest BCUT2D eigenvalue weighted by molar-refractivity contribution is 1.33. The maximum absolute atomic E-state index is 4.54. The minimum atomic E-state index is 0.987. The average Bonchev–Trinajstić information content (AvgIpc) is 2.54. The Morgan fingerprint density at radius 1 is 0.700 bits per heavy atom. The highest BCUT2D eigenvalue weighted by atomic mass is 14.7. The Bertz CT molecular complexity index is 908. The van der Waals surface area contributed by atoms with E-state index in [9.17, 15) is 0 Å². The van der Waals surface area contributed by atoms with Crippen molar-refractivity contribution >= 4 is 21.7 Å². The number of para-hydroxylation sites is 1. The van der Waals surface area contributed by atoms with Crippen molar-refractivity contribution in [3.8, 4) is 11.3 Å². The van der Waals surface area contributed by atoms with Crippen molar-refractivity contribution in [2.75, 3.05) is 0 Å². The number of nitrogens with zero attached hydrogens (tertiary/aromatic N) is 2. The third kappa shape index (κ3) is 1.74. The molecule has 0 radical (unpaired) electrons. The molecule has 2 heterocycles. The second-order valence-corrected chi connectivity index (χ2v) is 4.80. The van der Waals surface area contributed by atoms with E-state index in [1.165, 1.54) is 5.39 Å². The molecule has 0 amide bonds. The van der Waals surface area contributed by atoms with Crippen LogP contribution in [0.2, 0.25) is 0 Å². The van der Waals surface area contributed by atoms with Gasteiger partial charge in [0.05, 0.1) is 11.2 Å². The molecule has 0 fully saturated rings. The molecule has 2 aromatic carbocycles. The number of fused-ring (bicyclic) bond motifs is 2. The number of benzene rings is 2. The summed E-state index contributed by atoms with van der Waals surface area (Å²) >= 11 is 0. The monoisotopic (exact) mass is 256 g/mol. The first kappa shape index (κ1) is 11.1. The summed E-state index contributed by atoms with van der Waals surface area (Å²) in [6.07, 6.45) is 3.75. The number of hydrogen-bond acceptors (Lipinski definition) is 2. The van der Waals surface area contributed by atoms with Crippen LogP contribution in [0.25, 0.3) is 32.9 Å². The summed E-state index contributed by atoms with van der Waals surface area (Å²) in [4.78, 5) is 9.07. The lowest BCUT2D eigenvalue weighted by Gasteiger charge is -2.06. The topological polar surface area (TPSA) is 25.8 Å². The van der Waals surface area contributed by atoms with E-state index in [1.807, 2.05) is 48.8 Å². The molecule has 0 atom stereocenters. The highest BCUT2D eigenvalue weighted by Crippen LogP contribution is 2.27. The molecule has 0 aliphatic heterocycles. The highest BCUT2D eigenvalue weighted by Gasteiger charge is 2.06. The molecule has 0 saturated carbocycles. The van der Waals surface area contributed by atoms with Gasteiger partial charge in [-0.2, -0.15) is 0 Å². The van der Waals surface area contributed by atoms with Gasteiger partial charge in [0.25, 0.3) is 0 Å². The SMILES string of the molecule is c1ccc2ncc(-c3nccc4ccccc34)cc2c1. The van der Waals surface area contributed by atoms with Gasteiger partial charge in [-0.15, -0.1) is 0 Å². The zero-order valence-electron chi connectivity index (χ0n) is 10.8. The maximum atomic E-state index is 4.54. The van der Waals surface area contributed by atoms with E-state index in [4.69, 9.17) is 0 Å². The molecule has 0 N–H and O–H groups in total. The van der Waals surface area contributed by atoms with Gasteiger partial charge in [-0.25, -0.2) is 0 Å². The molecule has 2 heteroatoms. The van der Waals surface area contributed by atoms with Gasteiger partial charge in [-0.1, -0.05) is 42.5 Å². The van der Waals surface area contributed by atoms with Crippen LogP contribution in [0.3, 0.4) is 0 Å². The van der Waals surface area contributed by atoms with Crippen LogP contribution in [-0.4, -0.2) is 9.97 Å². The predicted octanol–water partition coefficient (Wildman–Crippen LogP) is 4.45. The van der Waals surface area contributed by atoms with Gasteiger partial charge in [-0.3, -0.25) is 9.97 Å². The van der Waals surface area contributed by atoms with E-state index in [0.717, 1.165) is 27.5 Å². The lowest BCUT2D eigenvalue weighted by atomic mass is 10.0. The molecule has 0 saturated heterocycles. The summed E-state index contributed by atoms with van der Waals surface area (Å²) in [5, 5.41) is 3.50. The van der Waals surface area contributed by atoms with E-state index in [0.29, 0.717) is 0 Å². The van der Waals surface area contributed by atoms with Gasteiger partial charge >= 0.3 is 0 Å². The number of pyridine rings is 2. The van der Waals surface area contributed by atoms with Crippen molar-refractivity contribution in [1.82, 2.24) is 9.97 Å².